The van der Waals surface area contributed by atoms with Crippen LogP contribution < -0.4 is 16.0 Å². The predicted octanol–water partition coefficient (Wildman–Crippen LogP) is 4.11. The maximum Gasteiger partial charge on any atom is 0.280 e. The topological polar surface area (TPSA) is 144 Å². The molecule has 13 heteroatoms. The third-order valence-electron chi connectivity index (χ3n) is 5.54. The van der Waals surface area contributed by atoms with Crippen LogP contribution in [0, 0.1) is 6.92 Å². The van der Waals surface area contributed by atoms with Gasteiger partial charge in [-0.05, 0) is 36.8 Å². The molecule has 39 heavy (non-hydrogen) atoms. The highest BCUT2D eigenvalue weighted by Crippen LogP contribution is 2.39. The van der Waals surface area contributed by atoms with Crippen molar-refractivity contribution in [3.8, 4) is 5.75 Å². The average Bonchev–Trinajstić information content (AvgIpc) is 3.35. The second-order valence-electron chi connectivity index (χ2n) is 8.39. The van der Waals surface area contributed by atoms with E-state index in [1.165, 1.54) is 23.7 Å². The van der Waals surface area contributed by atoms with Gasteiger partial charge in [-0.3, -0.25) is 14.6 Å². The molecule has 0 fully saturated rings. The number of nitrogens with one attached hydrogen (secondary N) is 1. The Labute approximate surface area is 231 Å². The number of aryl methyl sites for hydroxylation is 1. The molecule has 206 valence electrons. The highest BCUT2D eigenvalue weighted by Gasteiger charge is 2.14. The van der Waals surface area contributed by atoms with Crippen molar-refractivity contribution in [3.63, 3.8) is 0 Å². The smallest absolute Gasteiger partial charge is 0.280 e. The Bertz CT molecular complexity index is 1430. The summed E-state index contributed by atoms with van der Waals surface area (Å²) in [6, 6.07) is 15.1. The fourth-order valence-corrected chi connectivity index (χ4v) is 5.33. The number of ether oxygens (including phenoxy) is 2. The second-order valence-corrected chi connectivity index (χ2v) is 10.9. The van der Waals surface area contributed by atoms with Crippen molar-refractivity contribution in [3.05, 3.63) is 81.9 Å². The van der Waals surface area contributed by atoms with Crippen molar-refractivity contribution in [1.82, 2.24) is 19.5 Å². The van der Waals surface area contributed by atoms with E-state index in [1.807, 2.05) is 31.2 Å². The summed E-state index contributed by atoms with van der Waals surface area (Å²) in [6.45, 7) is 3.47. The van der Waals surface area contributed by atoms with E-state index in [4.69, 9.17) is 24.3 Å². The first-order valence-electron chi connectivity index (χ1n) is 12.1. The number of thioether (sulfide) groups is 1. The molecule has 2 heterocycles. The van der Waals surface area contributed by atoms with Crippen LogP contribution in [0.15, 0.2) is 59.7 Å². The number of benzene rings is 2. The van der Waals surface area contributed by atoms with E-state index in [0.717, 1.165) is 5.56 Å². The monoisotopic (exact) mass is 571 g/mol. The van der Waals surface area contributed by atoms with Gasteiger partial charge in [0.05, 0.1) is 33.3 Å². The molecule has 0 aliphatic carbocycles. The fourth-order valence-electron chi connectivity index (χ4n) is 3.46. The first-order valence-corrected chi connectivity index (χ1v) is 14.5. The molecule has 4 aromatic rings. The van der Waals surface area contributed by atoms with Crippen LogP contribution in [0.25, 0.3) is 11.2 Å². The standard InChI is InChI=1S/C26H30N5O6PS/c1-18-3-5-19(6-4-18)15-37-38(36-13-14-39-25(33)20-7-9-21(34-2)10-8-20)17-35-12-11-31-16-28-22-23(31)29-26(27)30-24(22)32/h3-10,16H,11-15,17H2,1-2H3,(H3,27,29,30,32). The number of carbonyl (C=O) groups is 1. The summed E-state index contributed by atoms with van der Waals surface area (Å²) in [5.74, 6) is 1.20. The molecule has 0 aliphatic rings. The van der Waals surface area contributed by atoms with Gasteiger partial charge in [0.1, 0.15) is 12.1 Å². The van der Waals surface area contributed by atoms with Crippen LogP contribution in [0.3, 0.4) is 0 Å². The van der Waals surface area contributed by atoms with Crippen molar-refractivity contribution < 1.29 is 23.3 Å². The summed E-state index contributed by atoms with van der Waals surface area (Å²) in [6.07, 6.45) is 1.76. The molecule has 0 radical (unpaired) electrons. The molecular formula is C26H30N5O6PS. The summed E-state index contributed by atoms with van der Waals surface area (Å²) in [5, 5.41) is -0.0388. The van der Waals surface area contributed by atoms with Crippen LogP contribution in [0.4, 0.5) is 5.95 Å². The fraction of sp³-hybridized carbons (Fsp3) is 0.308. The van der Waals surface area contributed by atoms with Gasteiger partial charge in [-0.25, -0.2) is 4.98 Å². The largest absolute Gasteiger partial charge is 0.497 e. The van der Waals surface area contributed by atoms with Crippen LogP contribution in [-0.2, 0) is 26.9 Å². The zero-order valence-corrected chi connectivity index (χ0v) is 23.4. The van der Waals surface area contributed by atoms with Gasteiger partial charge in [0.2, 0.25) is 11.1 Å². The first kappa shape index (κ1) is 28.7. The number of fused-ring (bicyclic) bond motifs is 1. The maximum absolute atomic E-state index is 12.5. The van der Waals surface area contributed by atoms with E-state index in [2.05, 4.69) is 15.0 Å². The van der Waals surface area contributed by atoms with E-state index < -0.39 is 8.38 Å². The Morgan fingerprint density at radius 3 is 2.62 bits per heavy atom. The molecule has 0 aliphatic heterocycles. The Hall–Kier alpha value is -3.28. The Kier molecular flexibility index (Phi) is 10.5. The minimum Gasteiger partial charge on any atom is -0.497 e. The van der Waals surface area contributed by atoms with Gasteiger partial charge in [0.25, 0.3) is 5.56 Å². The highest BCUT2D eigenvalue weighted by atomic mass is 32.2. The molecule has 0 saturated carbocycles. The lowest BCUT2D eigenvalue weighted by atomic mass is 10.2. The van der Waals surface area contributed by atoms with Crippen molar-refractivity contribution in [2.75, 3.05) is 38.2 Å². The number of rotatable bonds is 14. The van der Waals surface area contributed by atoms with Gasteiger partial charge in [-0.2, -0.15) is 4.98 Å². The molecule has 2 aromatic heterocycles. The Balaban J connectivity index is 1.27. The number of aromatic amines is 1. The highest BCUT2D eigenvalue weighted by molar-refractivity contribution is 8.14. The van der Waals surface area contributed by atoms with E-state index in [-0.39, 0.29) is 28.5 Å². The lowest BCUT2D eigenvalue weighted by molar-refractivity contribution is 0.108. The molecule has 0 amide bonds. The van der Waals surface area contributed by atoms with Crippen LogP contribution in [0.2, 0.25) is 0 Å². The van der Waals surface area contributed by atoms with Crippen molar-refractivity contribution in [1.29, 1.82) is 0 Å². The summed E-state index contributed by atoms with van der Waals surface area (Å²) < 4.78 is 24.7. The number of nitrogens with zero attached hydrogens (tertiary/aromatic N) is 3. The molecular weight excluding hydrogens is 541 g/mol. The number of anilines is 1. The maximum atomic E-state index is 12.5. The quantitative estimate of drug-likeness (QED) is 0.168. The number of imidazole rings is 1. The number of hydrogen-bond acceptors (Lipinski definition) is 10. The number of hydrogen-bond donors (Lipinski definition) is 2. The zero-order valence-electron chi connectivity index (χ0n) is 21.7. The molecule has 0 bridgehead atoms. The zero-order chi connectivity index (χ0) is 27.6. The SMILES string of the molecule is COc1ccc(C(=O)SCCOP(COCCn2cnc3c(=O)[nH]c(N)nc32)OCc2ccc(C)cc2)cc1. The minimum absolute atomic E-state index is 0.0277. The minimum atomic E-state index is -1.38. The normalized spacial score (nSPS) is 12.1. The molecule has 4 rings (SSSR count). The van der Waals surface area contributed by atoms with Gasteiger partial charge >= 0.3 is 0 Å². The van der Waals surface area contributed by atoms with Crippen LogP contribution >= 0.6 is 20.1 Å². The average molecular weight is 572 g/mol. The van der Waals surface area contributed by atoms with Gasteiger partial charge in [-0.1, -0.05) is 41.6 Å². The molecule has 1 atom stereocenters. The van der Waals surface area contributed by atoms with E-state index >= 15 is 0 Å². The van der Waals surface area contributed by atoms with Gasteiger partial charge in [0, 0.05) is 17.9 Å². The summed E-state index contributed by atoms with van der Waals surface area (Å²) in [4.78, 5) is 35.1. The number of nitrogens with two attached hydrogens (primary N) is 1. The van der Waals surface area contributed by atoms with Crippen molar-refractivity contribution >= 4 is 42.4 Å². The lowest BCUT2D eigenvalue weighted by Gasteiger charge is -2.18. The molecule has 0 spiro atoms. The van der Waals surface area contributed by atoms with Gasteiger partial charge < -0.3 is 28.8 Å². The van der Waals surface area contributed by atoms with Crippen molar-refractivity contribution in [2.45, 2.75) is 20.1 Å². The molecule has 0 saturated heterocycles. The van der Waals surface area contributed by atoms with Crippen LogP contribution in [0.5, 0.6) is 5.75 Å². The number of carbonyl (C=O) groups excluding carboxylic acids is 1. The Morgan fingerprint density at radius 1 is 1.10 bits per heavy atom. The predicted molar refractivity (Wildman–Crippen MR) is 152 cm³/mol. The number of nitrogen functional groups attached to an aromatic ring is 1. The summed E-state index contributed by atoms with van der Waals surface area (Å²) >= 11 is 1.18. The second kappa shape index (κ2) is 14.2. The number of aromatic nitrogens is 4. The summed E-state index contributed by atoms with van der Waals surface area (Å²) in [5.41, 5.74) is 8.69. The third-order valence-corrected chi connectivity index (χ3v) is 7.69. The molecule has 3 N–H and O–H groups in total. The number of methoxy groups -OCH3 is 1. The van der Waals surface area contributed by atoms with E-state index in [0.29, 0.717) is 49.1 Å². The first-order chi connectivity index (χ1) is 18.9. The van der Waals surface area contributed by atoms with Crippen molar-refractivity contribution in [2.24, 2.45) is 0 Å². The van der Waals surface area contributed by atoms with E-state index in [1.54, 1.807) is 35.9 Å². The Morgan fingerprint density at radius 2 is 1.87 bits per heavy atom. The van der Waals surface area contributed by atoms with Gasteiger partial charge in [-0.15, -0.1) is 0 Å². The number of H-pyrrole nitrogens is 1. The van der Waals surface area contributed by atoms with Gasteiger partial charge in [0.15, 0.2) is 19.5 Å². The molecule has 11 nitrogen and oxygen atoms in total. The van der Waals surface area contributed by atoms with Crippen LogP contribution in [-0.4, -0.2) is 57.1 Å². The molecule has 1 unspecified atom stereocenters. The van der Waals surface area contributed by atoms with E-state index in [9.17, 15) is 9.59 Å². The lowest BCUT2D eigenvalue weighted by Crippen LogP contribution is -2.13. The van der Waals surface area contributed by atoms with Crippen LogP contribution in [0.1, 0.15) is 21.5 Å². The molecule has 2 aromatic carbocycles. The summed E-state index contributed by atoms with van der Waals surface area (Å²) in [7, 11) is 0.208. The third kappa shape index (κ3) is 8.35.